The number of rotatable bonds is 3. The summed E-state index contributed by atoms with van der Waals surface area (Å²) >= 11 is 3.05. The van der Waals surface area contributed by atoms with Gasteiger partial charge in [-0.1, -0.05) is 13.8 Å². The van der Waals surface area contributed by atoms with Crippen molar-refractivity contribution >= 4 is 21.8 Å². The summed E-state index contributed by atoms with van der Waals surface area (Å²) in [5.41, 5.74) is 0.459. The third-order valence-corrected chi connectivity index (χ3v) is 3.15. The number of amides is 1. The minimum atomic E-state index is -0.367. The molecular weight excluding hydrogens is 273 g/mol. The highest BCUT2D eigenvalue weighted by molar-refractivity contribution is 9.10. The van der Waals surface area contributed by atoms with Crippen molar-refractivity contribution < 1.29 is 9.18 Å². The predicted molar refractivity (Wildman–Crippen MR) is 65.9 cm³/mol. The van der Waals surface area contributed by atoms with Gasteiger partial charge < -0.3 is 5.32 Å². The van der Waals surface area contributed by atoms with Gasteiger partial charge in [-0.25, -0.2) is 4.39 Å². The van der Waals surface area contributed by atoms with E-state index in [1.807, 2.05) is 20.8 Å². The Balaban J connectivity index is 2.77. The molecule has 0 aliphatic heterocycles. The van der Waals surface area contributed by atoms with E-state index >= 15 is 0 Å². The molecule has 1 N–H and O–H groups in total. The van der Waals surface area contributed by atoms with Gasteiger partial charge in [0, 0.05) is 11.6 Å². The first kappa shape index (κ1) is 13.2. The van der Waals surface area contributed by atoms with Gasteiger partial charge in [0.15, 0.2) is 0 Å². The summed E-state index contributed by atoms with van der Waals surface area (Å²) in [7, 11) is 0. The van der Waals surface area contributed by atoms with E-state index < -0.39 is 0 Å². The number of nitrogens with one attached hydrogen (secondary N) is 1. The molecule has 0 aliphatic carbocycles. The lowest BCUT2D eigenvalue weighted by Gasteiger charge is -2.17. The van der Waals surface area contributed by atoms with E-state index in [9.17, 15) is 9.18 Å². The molecule has 1 amide bonds. The van der Waals surface area contributed by atoms with Crippen molar-refractivity contribution in [3.05, 3.63) is 34.1 Å². The fourth-order valence-electron chi connectivity index (χ4n) is 1.09. The van der Waals surface area contributed by atoms with Crippen LogP contribution in [-0.4, -0.2) is 11.9 Å². The molecule has 16 heavy (non-hydrogen) atoms. The normalized spacial score (nSPS) is 12.6. The Kier molecular flexibility index (Phi) is 4.47. The van der Waals surface area contributed by atoms with E-state index in [1.165, 1.54) is 18.2 Å². The zero-order valence-corrected chi connectivity index (χ0v) is 11.1. The van der Waals surface area contributed by atoms with E-state index in [4.69, 9.17) is 0 Å². The minimum Gasteiger partial charge on any atom is -0.349 e. The molecule has 0 saturated heterocycles. The molecule has 0 bridgehead atoms. The minimum absolute atomic E-state index is 0.0938. The average Bonchev–Trinajstić information content (AvgIpc) is 2.21. The molecule has 1 rings (SSSR count). The molecular formula is C12H15BrFNO. The Hall–Kier alpha value is -0.900. The lowest BCUT2D eigenvalue weighted by Crippen LogP contribution is -2.36. The molecule has 0 spiro atoms. The molecule has 0 aliphatic rings. The van der Waals surface area contributed by atoms with Crippen LogP contribution >= 0.6 is 15.9 Å². The maximum absolute atomic E-state index is 13.0. The summed E-state index contributed by atoms with van der Waals surface area (Å²) in [5, 5.41) is 2.86. The number of benzene rings is 1. The smallest absolute Gasteiger partial charge is 0.251 e. The largest absolute Gasteiger partial charge is 0.349 e. The fourth-order valence-corrected chi connectivity index (χ4v) is 1.47. The van der Waals surface area contributed by atoms with E-state index in [1.54, 1.807) is 0 Å². The van der Waals surface area contributed by atoms with Crippen LogP contribution in [0.25, 0.3) is 0 Å². The first-order valence-corrected chi connectivity index (χ1v) is 5.97. The van der Waals surface area contributed by atoms with Crippen LogP contribution in [0.1, 0.15) is 31.1 Å². The van der Waals surface area contributed by atoms with Gasteiger partial charge in [-0.3, -0.25) is 4.79 Å². The van der Waals surface area contributed by atoms with Crippen molar-refractivity contribution in [2.75, 3.05) is 0 Å². The maximum Gasteiger partial charge on any atom is 0.251 e. The maximum atomic E-state index is 13.0. The van der Waals surface area contributed by atoms with Crippen molar-refractivity contribution in [2.45, 2.75) is 26.8 Å². The van der Waals surface area contributed by atoms with E-state index in [2.05, 4.69) is 21.2 Å². The van der Waals surface area contributed by atoms with Gasteiger partial charge in [0.25, 0.3) is 5.91 Å². The number of hydrogen-bond donors (Lipinski definition) is 1. The van der Waals surface area contributed by atoms with Crippen molar-refractivity contribution in [1.29, 1.82) is 0 Å². The second kappa shape index (κ2) is 5.43. The number of carbonyl (C=O) groups excluding carboxylic acids is 1. The summed E-state index contributed by atoms with van der Waals surface area (Å²) in [6.07, 6.45) is 0. The van der Waals surface area contributed by atoms with Gasteiger partial charge in [0.05, 0.1) is 4.47 Å². The number of carbonyl (C=O) groups is 1. The first-order chi connectivity index (χ1) is 7.41. The van der Waals surface area contributed by atoms with Gasteiger partial charge in [-0.15, -0.1) is 0 Å². The Morgan fingerprint density at radius 2 is 2.00 bits per heavy atom. The molecule has 88 valence electrons. The second-order valence-corrected chi connectivity index (χ2v) is 4.99. The molecule has 2 nitrogen and oxygen atoms in total. The van der Waals surface area contributed by atoms with Crippen LogP contribution in [0.15, 0.2) is 22.7 Å². The van der Waals surface area contributed by atoms with Gasteiger partial charge in [0.1, 0.15) is 5.82 Å². The van der Waals surface area contributed by atoms with Gasteiger partial charge >= 0.3 is 0 Å². The van der Waals surface area contributed by atoms with Gasteiger partial charge in [0.2, 0.25) is 0 Å². The monoisotopic (exact) mass is 287 g/mol. The number of hydrogen-bond acceptors (Lipinski definition) is 1. The molecule has 0 heterocycles. The van der Waals surface area contributed by atoms with Crippen LogP contribution in [-0.2, 0) is 0 Å². The van der Waals surface area contributed by atoms with Crippen LogP contribution in [0.3, 0.4) is 0 Å². The second-order valence-electron chi connectivity index (χ2n) is 4.14. The SMILES string of the molecule is CC(C)C(C)NC(=O)c1ccc(F)c(Br)c1. The number of halogens is 2. The quantitative estimate of drug-likeness (QED) is 0.907. The molecule has 1 aromatic rings. The third-order valence-electron chi connectivity index (χ3n) is 2.54. The summed E-state index contributed by atoms with van der Waals surface area (Å²) in [6, 6.07) is 4.33. The molecule has 1 aromatic carbocycles. The molecule has 0 radical (unpaired) electrons. The highest BCUT2D eigenvalue weighted by atomic mass is 79.9. The van der Waals surface area contributed by atoms with Gasteiger partial charge in [-0.05, 0) is 47.0 Å². The van der Waals surface area contributed by atoms with Crippen LogP contribution in [0.4, 0.5) is 4.39 Å². The Morgan fingerprint density at radius 3 is 2.50 bits per heavy atom. The molecule has 0 fully saturated rings. The summed E-state index contributed by atoms with van der Waals surface area (Å²) in [4.78, 5) is 11.8. The lowest BCUT2D eigenvalue weighted by atomic mass is 10.1. The predicted octanol–water partition coefficient (Wildman–Crippen LogP) is 3.36. The lowest BCUT2D eigenvalue weighted by molar-refractivity contribution is 0.0930. The van der Waals surface area contributed by atoms with Crippen LogP contribution in [0.5, 0.6) is 0 Å². The highest BCUT2D eigenvalue weighted by Crippen LogP contribution is 2.17. The average molecular weight is 288 g/mol. The van der Waals surface area contributed by atoms with Crippen LogP contribution in [0.2, 0.25) is 0 Å². The van der Waals surface area contributed by atoms with Crippen LogP contribution < -0.4 is 5.32 Å². The van der Waals surface area contributed by atoms with E-state index in [0.29, 0.717) is 16.0 Å². The Morgan fingerprint density at radius 1 is 1.38 bits per heavy atom. The molecule has 1 atom stereocenters. The Labute approximate surface area is 103 Å². The topological polar surface area (TPSA) is 29.1 Å². The first-order valence-electron chi connectivity index (χ1n) is 5.17. The highest BCUT2D eigenvalue weighted by Gasteiger charge is 2.13. The molecule has 4 heteroatoms. The van der Waals surface area contributed by atoms with Crippen molar-refractivity contribution in [1.82, 2.24) is 5.32 Å². The summed E-state index contributed by atoms with van der Waals surface area (Å²) in [5.74, 6) is -0.178. The molecule has 1 unspecified atom stereocenters. The zero-order valence-electron chi connectivity index (χ0n) is 9.55. The third kappa shape index (κ3) is 3.30. The molecule has 0 aromatic heterocycles. The van der Waals surface area contributed by atoms with E-state index in [0.717, 1.165) is 0 Å². The zero-order chi connectivity index (χ0) is 12.3. The standard InChI is InChI=1S/C12H15BrFNO/c1-7(2)8(3)15-12(16)9-4-5-11(14)10(13)6-9/h4-8H,1-3H3,(H,15,16). The Bertz CT molecular complexity index is 393. The van der Waals surface area contributed by atoms with Crippen molar-refractivity contribution in [2.24, 2.45) is 5.92 Å². The fraction of sp³-hybridized carbons (Fsp3) is 0.417. The molecule has 0 saturated carbocycles. The van der Waals surface area contributed by atoms with Crippen LogP contribution in [0, 0.1) is 11.7 Å². The summed E-state index contributed by atoms with van der Waals surface area (Å²) in [6.45, 7) is 6.01. The van der Waals surface area contributed by atoms with Crippen molar-refractivity contribution in [3.63, 3.8) is 0 Å². The van der Waals surface area contributed by atoms with Crippen molar-refractivity contribution in [3.8, 4) is 0 Å². The van der Waals surface area contributed by atoms with Gasteiger partial charge in [-0.2, -0.15) is 0 Å². The van der Waals surface area contributed by atoms with E-state index in [-0.39, 0.29) is 17.8 Å². The summed E-state index contributed by atoms with van der Waals surface area (Å²) < 4.78 is 13.3.